The van der Waals surface area contributed by atoms with Crippen molar-refractivity contribution in [1.82, 2.24) is 4.90 Å². The van der Waals surface area contributed by atoms with Gasteiger partial charge in [0.25, 0.3) is 0 Å². The maximum Gasteiger partial charge on any atom is 0.108 e. The van der Waals surface area contributed by atoms with Crippen LogP contribution in [0.15, 0.2) is 0 Å². The molecular weight excluding hydrogens is 138 g/mol. The smallest absolute Gasteiger partial charge is 0.108 e. The van der Waals surface area contributed by atoms with Crippen molar-refractivity contribution < 1.29 is 0 Å². The minimum absolute atomic E-state index is 0.169. The Kier molecular flexibility index (Phi) is 2.49. The summed E-state index contributed by atoms with van der Waals surface area (Å²) < 4.78 is 0. The lowest BCUT2D eigenvalue weighted by atomic mass is 10.2. The third kappa shape index (κ3) is 1.93. The van der Waals surface area contributed by atoms with Crippen LogP contribution >= 0.6 is 0 Å². The van der Waals surface area contributed by atoms with Gasteiger partial charge in [0.1, 0.15) is 5.84 Å². The van der Waals surface area contributed by atoms with Gasteiger partial charge in [0.05, 0.1) is 6.04 Å². The number of hydrogen-bond donors (Lipinski definition) is 2. The largest absolute Gasteiger partial charge is 0.386 e. The molecule has 1 atom stereocenters. The molecule has 0 aromatic rings. The van der Waals surface area contributed by atoms with Gasteiger partial charge in [0.15, 0.2) is 0 Å². The highest BCUT2D eigenvalue weighted by atomic mass is 15.2. The van der Waals surface area contributed by atoms with Crippen LogP contribution in [-0.2, 0) is 0 Å². The van der Waals surface area contributed by atoms with E-state index < -0.39 is 0 Å². The molecule has 0 spiro atoms. The number of nitrogens with two attached hydrogens (primary N) is 1. The van der Waals surface area contributed by atoms with Crippen molar-refractivity contribution in [3.8, 4) is 0 Å². The van der Waals surface area contributed by atoms with E-state index in [0.29, 0.717) is 11.9 Å². The lowest BCUT2D eigenvalue weighted by molar-refractivity contribution is 0.278. The van der Waals surface area contributed by atoms with Crippen LogP contribution in [0.2, 0.25) is 0 Å². The summed E-state index contributed by atoms with van der Waals surface area (Å²) in [5.74, 6) is 0.307. The third-order valence-electron chi connectivity index (χ3n) is 2.36. The van der Waals surface area contributed by atoms with E-state index in [2.05, 4.69) is 18.9 Å². The van der Waals surface area contributed by atoms with E-state index in [1.54, 1.807) is 0 Å². The fourth-order valence-electron chi connectivity index (χ4n) is 1.46. The summed E-state index contributed by atoms with van der Waals surface area (Å²) in [5.41, 5.74) is 5.46. The van der Waals surface area contributed by atoms with Crippen LogP contribution in [0.25, 0.3) is 0 Å². The standard InChI is InChI=1S/C8H17N3/c1-3-7(8(9)10)11(2)6-4-5-6/h6-7H,3-5H2,1-2H3,(H3,9,10). The molecule has 3 heteroatoms. The zero-order valence-electron chi connectivity index (χ0n) is 7.30. The molecule has 1 fully saturated rings. The first kappa shape index (κ1) is 8.53. The third-order valence-corrected chi connectivity index (χ3v) is 2.36. The molecule has 3 nitrogen and oxygen atoms in total. The highest BCUT2D eigenvalue weighted by Crippen LogP contribution is 2.27. The lowest BCUT2D eigenvalue weighted by Crippen LogP contribution is -2.42. The van der Waals surface area contributed by atoms with Gasteiger partial charge in [-0.1, -0.05) is 6.92 Å². The summed E-state index contributed by atoms with van der Waals surface area (Å²) in [6, 6.07) is 0.867. The Morgan fingerprint density at radius 3 is 2.55 bits per heavy atom. The molecule has 0 aromatic carbocycles. The van der Waals surface area contributed by atoms with Crippen LogP contribution in [0.4, 0.5) is 0 Å². The molecule has 1 unspecified atom stereocenters. The van der Waals surface area contributed by atoms with Crippen LogP contribution in [0.5, 0.6) is 0 Å². The van der Waals surface area contributed by atoms with Crippen LogP contribution in [0.3, 0.4) is 0 Å². The van der Waals surface area contributed by atoms with Crippen LogP contribution in [0.1, 0.15) is 26.2 Å². The average molecular weight is 155 g/mol. The Labute approximate surface area is 68.1 Å². The maximum atomic E-state index is 7.34. The predicted molar refractivity (Wildman–Crippen MR) is 46.8 cm³/mol. The van der Waals surface area contributed by atoms with E-state index in [-0.39, 0.29) is 6.04 Å². The summed E-state index contributed by atoms with van der Waals surface area (Å²) in [5, 5.41) is 7.34. The Hall–Kier alpha value is -0.570. The Balaban J connectivity index is 2.45. The molecule has 64 valence electrons. The predicted octanol–water partition coefficient (Wildman–Crippen LogP) is 0.795. The van der Waals surface area contributed by atoms with E-state index in [1.807, 2.05) is 0 Å². The fraction of sp³-hybridized carbons (Fsp3) is 0.875. The van der Waals surface area contributed by atoms with Crippen molar-refractivity contribution in [3.05, 3.63) is 0 Å². The second kappa shape index (κ2) is 3.22. The van der Waals surface area contributed by atoms with Crippen LogP contribution < -0.4 is 5.73 Å². The SMILES string of the molecule is CCC(C(=N)N)N(C)C1CC1. The molecule has 1 rings (SSSR count). The molecule has 0 radical (unpaired) electrons. The molecule has 3 N–H and O–H groups in total. The zero-order valence-corrected chi connectivity index (χ0v) is 7.30. The van der Waals surface area contributed by atoms with Gasteiger partial charge in [0, 0.05) is 6.04 Å². The van der Waals surface area contributed by atoms with Gasteiger partial charge in [0.2, 0.25) is 0 Å². The molecule has 0 aliphatic heterocycles. The summed E-state index contributed by atoms with van der Waals surface area (Å²) >= 11 is 0. The Bertz CT molecular complexity index is 151. The number of amidine groups is 1. The first-order chi connectivity index (χ1) is 5.16. The molecule has 0 amide bonds. The Morgan fingerprint density at radius 2 is 2.27 bits per heavy atom. The molecular formula is C8H17N3. The first-order valence-electron chi connectivity index (χ1n) is 4.22. The molecule has 1 aliphatic rings. The zero-order chi connectivity index (χ0) is 8.43. The maximum absolute atomic E-state index is 7.34. The van der Waals surface area contributed by atoms with Crippen molar-refractivity contribution in [2.45, 2.75) is 38.3 Å². The fourth-order valence-corrected chi connectivity index (χ4v) is 1.46. The summed E-state index contributed by atoms with van der Waals surface area (Å²) in [6.45, 7) is 2.07. The second-order valence-electron chi connectivity index (χ2n) is 3.28. The summed E-state index contributed by atoms with van der Waals surface area (Å²) in [7, 11) is 2.06. The number of nitrogens with zero attached hydrogens (tertiary/aromatic N) is 1. The second-order valence-corrected chi connectivity index (χ2v) is 3.28. The van der Waals surface area contributed by atoms with E-state index in [1.165, 1.54) is 12.8 Å². The van der Waals surface area contributed by atoms with Gasteiger partial charge < -0.3 is 5.73 Å². The lowest BCUT2D eigenvalue weighted by Gasteiger charge is -2.25. The molecule has 0 aromatic heterocycles. The number of likely N-dealkylation sites (N-methyl/N-ethyl adjacent to an activating group) is 1. The average Bonchev–Trinajstić information content (AvgIpc) is 2.68. The number of nitrogens with one attached hydrogen (secondary N) is 1. The van der Waals surface area contributed by atoms with Crippen LogP contribution in [-0.4, -0.2) is 29.9 Å². The van der Waals surface area contributed by atoms with Crippen molar-refractivity contribution in [3.63, 3.8) is 0 Å². The molecule has 0 heterocycles. The highest BCUT2D eigenvalue weighted by Gasteiger charge is 2.31. The molecule has 0 bridgehead atoms. The molecule has 1 saturated carbocycles. The van der Waals surface area contributed by atoms with Gasteiger partial charge in [-0.2, -0.15) is 0 Å². The minimum Gasteiger partial charge on any atom is -0.386 e. The topological polar surface area (TPSA) is 53.1 Å². The van der Waals surface area contributed by atoms with E-state index >= 15 is 0 Å². The van der Waals surface area contributed by atoms with E-state index in [4.69, 9.17) is 11.1 Å². The molecule has 11 heavy (non-hydrogen) atoms. The van der Waals surface area contributed by atoms with E-state index in [0.717, 1.165) is 6.42 Å². The quantitative estimate of drug-likeness (QED) is 0.466. The number of rotatable bonds is 4. The van der Waals surface area contributed by atoms with Gasteiger partial charge in [-0.15, -0.1) is 0 Å². The van der Waals surface area contributed by atoms with E-state index in [9.17, 15) is 0 Å². The van der Waals surface area contributed by atoms with Gasteiger partial charge in [-0.05, 0) is 26.3 Å². The Morgan fingerprint density at radius 1 is 1.73 bits per heavy atom. The summed E-state index contributed by atoms with van der Waals surface area (Å²) in [4.78, 5) is 2.22. The minimum atomic E-state index is 0.169. The van der Waals surface area contributed by atoms with Gasteiger partial charge in [-0.25, -0.2) is 0 Å². The van der Waals surface area contributed by atoms with Crippen molar-refractivity contribution in [2.24, 2.45) is 5.73 Å². The first-order valence-corrected chi connectivity index (χ1v) is 4.22. The van der Waals surface area contributed by atoms with Crippen molar-refractivity contribution in [2.75, 3.05) is 7.05 Å². The van der Waals surface area contributed by atoms with Crippen molar-refractivity contribution in [1.29, 1.82) is 5.41 Å². The molecule has 1 aliphatic carbocycles. The normalized spacial score (nSPS) is 20.3. The number of hydrogen-bond acceptors (Lipinski definition) is 2. The van der Waals surface area contributed by atoms with Crippen LogP contribution in [0, 0.1) is 5.41 Å². The van der Waals surface area contributed by atoms with Gasteiger partial charge >= 0.3 is 0 Å². The monoisotopic (exact) mass is 155 g/mol. The van der Waals surface area contributed by atoms with Crippen molar-refractivity contribution >= 4 is 5.84 Å². The summed E-state index contributed by atoms with van der Waals surface area (Å²) in [6.07, 6.45) is 3.50. The van der Waals surface area contributed by atoms with Gasteiger partial charge in [-0.3, -0.25) is 10.3 Å². The molecule has 0 saturated heterocycles. The highest BCUT2D eigenvalue weighted by molar-refractivity contribution is 5.82.